The quantitative estimate of drug-likeness (QED) is 0.822. The van der Waals surface area contributed by atoms with Crippen LogP contribution in [0.15, 0.2) is 36.4 Å². The zero-order chi connectivity index (χ0) is 15.0. The number of hydrogen-bond acceptors (Lipinski definition) is 2. The van der Waals surface area contributed by atoms with Crippen LogP contribution in [-0.2, 0) is 6.42 Å². The lowest BCUT2D eigenvalue weighted by atomic mass is 10.1. The summed E-state index contributed by atoms with van der Waals surface area (Å²) in [6.45, 7) is 0. The van der Waals surface area contributed by atoms with E-state index in [1.807, 2.05) is 18.2 Å². The lowest BCUT2D eigenvalue weighted by Gasteiger charge is -2.15. The van der Waals surface area contributed by atoms with Crippen molar-refractivity contribution in [3.05, 3.63) is 63.1 Å². The number of hydrogen-bond donors (Lipinski definition) is 2. The summed E-state index contributed by atoms with van der Waals surface area (Å²) in [5, 5.41) is 4.27. The summed E-state index contributed by atoms with van der Waals surface area (Å²) < 4.78 is 0. The first-order chi connectivity index (χ1) is 10.0. The van der Waals surface area contributed by atoms with Crippen LogP contribution >= 0.6 is 23.2 Å². The van der Waals surface area contributed by atoms with Crippen molar-refractivity contribution in [3.8, 4) is 0 Å². The van der Waals surface area contributed by atoms with Gasteiger partial charge in [-0.15, -0.1) is 0 Å². The second-order valence-corrected chi connectivity index (χ2v) is 6.01. The number of halogens is 2. The van der Waals surface area contributed by atoms with Gasteiger partial charge in [-0.05, 0) is 54.3 Å². The highest BCUT2D eigenvalue weighted by Crippen LogP contribution is 2.33. The molecule has 2 aromatic carbocycles. The molecule has 3 nitrogen and oxygen atoms in total. The number of carbonyl (C=O) groups excluding carboxylic acids is 1. The zero-order valence-corrected chi connectivity index (χ0v) is 12.7. The molecule has 0 aliphatic heterocycles. The highest BCUT2D eigenvalue weighted by molar-refractivity contribution is 6.31. The van der Waals surface area contributed by atoms with Crippen LogP contribution < -0.4 is 11.1 Å². The van der Waals surface area contributed by atoms with E-state index in [0.29, 0.717) is 16.3 Å². The molecule has 5 heteroatoms. The van der Waals surface area contributed by atoms with Crippen molar-refractivity contribution in [2.45, 2.75) is 18.9 Å². The van der Waals surface area contributed by atoms with Gasteiger partial charge in [0.25, 0.3) is 5.91 Å². The molecule has 1 amide bonds. The number of aryl methyl sites for hydroxylation is 1. The van der Waals surface area contributed by atoms with Crippen LogP contribution in [0.4, 0.5) is 5.69 Å². The minimum atomic E-state index is -0.183. The summed E-state index contributed by atoms with van der Waals surface area (Å²) in [6, 6.07) is 10.7. The fraction of sp³-hybridized carbons (Fsp3) is 0.188. The molecule has 0 fully saturated rings. The van der Waals surface area contributed by atoms with Crippen LogP contribution in [0.1, 0.15) is 33.9 Å². The monoisotopic (exact) mass is 320 g/mol. The number of carbonyl (C=O) groups is 1. The molecule has 1 aliphatic rings. The second-order valence-electron chi connectivity index (χ2n) is 5.14. The Morgan fingerprint density at radius 2 is 1.86 bits per heavy atom. The normalized spacial score (nSPS) is 16.6. The van der Waals surface area contributed by atoms with Crippen molar-refractivity contribution in [2.24, 2.45) is 0 Å². The van der Waals surface area contributed by atoms with Gasteiger partial charge in [-0.3, -0.25) is 4.79 Å². The Morgan fingerprint density at radius 1 is 1.14 bits per heavy atom. The first-order valence-corrected chi connectivity index (χ1v) is 7.44. The Labute approximate surface area is 133 Å². The van der Waals surface area contributed by atoms with Gasteiger partial charge in [-0.25, -0.2) is 0 Å². The Kier molecular flexibility index (Phi) is 3.79. The topological polar surface area (TPSA) is 55.1 Å². The van der Waals surface area contributed by atoms with E-state index in [-0.39, 0.29) is 11.9 Å². The number of anilines is 1. The summed E-state index contributed by atoms with van der Waals surface area (Å²) in [6.07, 6.45) is 1.78. The molecule has 1 aliphatic carbocycles. The maximum Gasteiger partial charge on any atom is 0.253 e. The van der Waals surface area contributed by atoms with Gasteiger partial charge in [0.15, 0.2) is 0 Å². The Balaban J connectivity index is 1.81. The molecule has 0 spiro atoms. The van der Waals surface area contributed by atoms with E-state index in [9.17, 15) is 4.79 Å². The standard InChI is InChI=1S/C16H14Cl2N2O/c17-10-2-4-12-9(7-10)1-6-15(12)20-16(21)13-5-3-11(18)8-14(13)19/h2-5,7-8,15H,1,6,19H2,(H,20,21). The molecule has 108 valence electrons. The third kappa shape index (κ3) is 2.85. The highest BCUT2D eigenvalue weighted by Gasteiger charge is 2.25. The maximum absolute atomic E-state index is 12.3. The average Bonchev–Trinajstić information content (AvgIpc) is 2.80. The molecule has 3 N–H and O–H groups in total. The van der Waals surface area contributed by atoms with Crippen molar-refractivity contribution in [1.82, 2.24) is 5.32 Å². The predicted molar refractivity (Wildman–Crippen MR) is 85.8 cm³/mol. The minimum absolute atomic E-state index is 0.000144. The smallest absolute Gasteiger partial charge is 0.253 e. The van der Waals surface area contributed by atoms with Gasteiger partial charge in [0.05, 0.1) is 11.6 Å². The number of fused-ring (bicyclic) bond motifs is 1. The van der Waals surface area contributed by atoms with Gasteiger partial charge < -0.3 is 11.1 Å². The lowest BCUT2D eigenvalue weighted by molar-refractivity contribution is 0.0937. The van der Waals surface area contributed by atoms with Gasteiger partial charge in [0.2, 0.25) is 0 Å². The van der Waals surface area contributed by atoms with Gasteiger partial charge >= 0.3 is 0 Å². The van der Waals surface area contributed by atoms with E-state index < -0.39 is 0 Å². The van der Waals surface area contributed by atoms with Crippen LogP contribution in [-0.4, -0.2) is 5.91 Å². The molecule has 0 bridgehead atoms. The van der Waals surface area contributed by atoms with E-state index in [0.717, 1.165) is 23.4 Å². The molecular formula is C16H14Cl2N2O. The van der Waals surface area contributed by atoms with Gasteiger partial charge in [-0.2, -0.15) is 0 Å². The second kappa shape index (κ2) is 5.58. The first kappa shape index (κ1) is 14.2. The van der Waals surface area contributed by atoms with Crippen LogP contribution in [0.5, 0.6) is 0 Å². The van der Waals surface area contributed by atoms with E-state index in [1.54, 1.807) is 18.2 Å². The molecule has 2 aromatic rings. The summed E-state index contributed by atoms with van der Waals surface area (Å²) in [5.41, 5.74) is 8.99. The highest BCUT2D eigenvalue weighted by atomic mass is 35.5. The molecular weight excluding hydrogens is 307 g/mol. The summed E-state index contributed by atoms with van der Waals surface area (Å²) in [5.74, 6) is -0.183. The van der Waals surface area contributed by atoms with Crippen molar-refractivity contribution < 1.29 is 4.79 Å². The van der Waals surface area contributed by atoms with E-state index in [4.69, 9.17) is 28.9 Å². The summed E-state index contributed by atoms with van der Waals surface area (Å²) >= 11 is 11.8. The van der Waals surface area contributed by atoms with E-state index >= 15 is 0 Å². The molecule has 0 heterocycles. The summed E-state index contributed by atoms with van der Waals surface area (Å²) in [4.78, 5) is 12.3. The van der Waals surface area contributed by atoms with Crippen molar-refractivity contribution in [3.63, 3.8) is 0 Å². The van der Waals surface area contributed by atoms with Crippen LogP contribution in [0.3, 0.4) is 0 Å². The largest absolute Gasteiger partial charge is 0.398 e. The number of nitrogens with two attached hydrogens (primary N) is 1. The minimum Gasteiger partial charge on any atom is -0.398 e. The Morgan fingerprint density at radius 3 is 2.62 bits per heavy atom. The third-order valence-corrected chi connectivity index (χ3v) is 4.22. The molecule has 0 radical (unpaired) electrons. The third-order valence-electron chi connectivity index (χ3n) is 3.75. The number of benzene rings is 2. The number of rotatable bonds is 2. The average molecular weight is 321 g/mol. The lowest BCUT2D eigenvalue weighted by Crippen LogP contribution is -2.27. The van der Waals surface area contributed by atoms with Crippen molar-refractivity contribution >= 4 is 34.8 Å². The van der Waals surface area contributed by atoms with E-state index in [2.05, 4.69) is 5.32 Å². The number of nitrogen functional groups attached to an aromatic ring is 1. The summed E-state index contributed by atoms with van der Waals surface area (Å²) in [7, 11) is 0. The number of amides is 1. The van der Waals surface area contributed by atoms with Crippen LogP contribution in [0.2, 0.25) is 10.0 Å². The molecule has 0 aromatic heterocycles. The molecule has 1 unspecified atom stereocenters. The fourth-order valence-corrected chi connectivity index (χ4v) is 3.09. The Hall–Kier alpha value is -1.71. The molecule has 1 atom stereocenters. The van der Waals surface area contributed by atoms with Gasteiger partial charge in [0.1, 0.15) is 0 Å². The molecule has 0 saturated heterocycles. The fourth-order valence-electron chi connectivity index (χ4n) is 2.71. The Bertz CT molecular complexity index is 715. The zero-order valence-electron chi connectivity index (χ0n) is 11.2. The molecule has 21 heavy (non-hydrogen) atoms. The first-order valence-electron chi connectivity index (χ1n) is 6.69. The van der Waals surface area contributed by atoms with Crippen molar-refractivity contribution in [2.75, 3.05) is 5.73 Å². The number of nitrogens with one attached hydrogen (secondary N) is 1. The van der Waals surface area contributed by atoms with Gasteiger partial charge in [-0.1, -0.05) is 29.3 Å². The van der Waals surface area contributed by atoms with Gasteiger partial charge in [0, 0.05) is 15.7 Å². The van der Waals surface area contributed by atoms with Crippen molar-refractivity contribution in [1.29, 1.82) is 0 Å². The van der Waals surface area contributed by atoms with Crippen LogP contribution in [0.25, 0.3) is 0 Å². The van der Waals surface area contributed by atoms with E-state index in [1.165, 1.54) is 5.56 Å². The predicted octanol–water partition coefficient (Wildman–Crippen LogP) is 3.99. The molecule has 0 saturated carbocycles. The molecule has 3 rings (SSSR count). The maximum atomic E-state index is 12.3. The van der Waals surface area contributed by atoms with Crippen LogP contribution in [0, 0.1) is 0 Å². The SMILES string of the molecule is Nc1cc(Cl)ccc1C(=O)NC1CCc2cc(Cl)ccc21.